The van der Waals surface area contributed by atoms with Crippen LogP contribution in [-0.2, 0) is 25.8 Å². The lowest BCUT2D eigenvalue weighted by atomic mass is 9.89. The third kappa shape index (κ3) is 3.80. The molecule has 0 saturated heterocycles. The average Bonchev–Trinajstić information content (AvgIpc) is 3.28. The highest BCUT2D eigenvalue weighted by atomic mass is 16.5. The number of nitrogens with zero attached hydrogens (tertiary/aromatic N) is 1. The molecule has 4 heteroatoms. The van der Waals surface area contributed by atoms with Gasteiger partial charge in [0, 0.05) is 30.6 Å². The highest BCUT2D eigenvalue weighted by molar-refractivity contribution is 5.44. The summed E-state index contributed by atoms with van der Waals surface area (Å²) in [5, 5.41) is 7.84. The molecule has 26 heavy (non-hydrogen) atoms. The quantitative estimate of drug-likeness (QED) is 0.837. The van der Waals surface area contributed by atoms with Gasteiger partial charge in [0.2, 0.25) is 0 Å². The Labute approximate surface area is 156 Å². The lowest BCUT2D eigenvalue weighted by Gasteiger charge is -2.23. The summed E-state index contributed by atoms with van der Waals surface area (Å²) in [7, 11) is 1.79. The minimum Gasteiger partial charge on any atom is -0.496 e. The normalized spacial score (nSPS) is 22.4. The zero-order valence-corrected chi connectivity index (χ0v) is 16.0. The van der Waals surface area contributed by atoms with Crippen LogP contribution in [0, 0.1) is 12.8 Å². The third-order valence-electron chi connectivity index (χ3n) is 6.10. The maximum absolute atomic E-state index is 5.69. The van der Waals surface area contributed by atoms with Crippen LogP contribution in [0.25, 0.3) is 0 Å². The number of methoxy groups -OCH3 is 1. The molecule has 1 heterocycles. The van der Waals surface area contributed by atoms with Crippen LogP contribution in [-0.4, -0.2) is 18.3 Å². The van der Waals surface area contributed by atoms with Crippen molar-refractivity contribution < 1.29 is 9.26 Å². The van der Waals surface area contributed by atoms with Crippen molar-refractivity contribution in [2.45, 2.75) is 70.9 Å². The van der Waals surface area contributed by atoms with Gasteiger partial charge in [-0.3, -0.25) is 0 Å². The fourth-order valence-electron chi connectivity index (χ4n) is 4.70. The molecule has 0 aliphatic heterocycles. The highest BCUT2D eigenvalue weighted by Gasteiger charge is 2.28. The molecule has 0 spiro atoms. The first-order valence-corrected chi connectivity index (χ1v) is 10.1. The SMILES string of the molecule is COc1cc2c(cc1CN[C@@H]1CCC[C@H]1Cc1cc(C)no1)CCCC2. The van der Waals surface area contributed by atoms with Gasteiger partial charge in [-0.25, -0.2) is 0 Å². The first-order chi connectivity index (χ1) is 12.7. The largest absolute Gasteiger partial charge is 0.496 e. The van der Waals surface area contributed by atoms with Gasteiger partial charge in [0.25, 0.3) is 0 Å². The molecule has 4 rings (SSSR count). The predicted molar refractivity (Wildman–Crippen MR) is 103 cm³/mol. The summed E-state index contributed by atoms with van der Waals surface area (Å²) in [4.78, 5) is 0. The van der Waals surface area contributed by atoms with Crippen LogP contribution >= 0.6 is 0 Å². The Balaban J connectivity index is 1.42. The maximum atomic E-state index is 5.69. The smallest absolute Gasteiger partial charge is 0.137 e. The van der Waals surface area contributed by atoms with Crippen LogP contribution in [0.2, 0.25) is 0 Å². The number of benzene rings is 1. The van der Waals surface area contributed by atoms with Gasteiger partial charge in [0.15, 0.2) is 0 Å². The number of ether oxygens (including phenoxy) is 1. The second kappa shape index (κ2) is 7.83. The molecule has 1 N–H and O–H groups in total. The molecular formula is C22H30N2O2. The Kier molecular flexibility index (Phi) is 5.30. The molecule has 2 atom stereocenters. The van der Waals surface area contributed by atoms with Gasteiger partial charge in [-0.2, -0.15) is 0 Å². The van der Waals surface area contributed by atoms with Gasteiger partial charge in [0.05, 0.1) is 12.8 Å². The Morgan fingerprint density at radius 1 is 1.12 bits per heavy atom. The molecular weight excluding hydrogens is 324 g/mol. The number of hydrogen-bond donors (Lipinski definition) is 1. The molecule has 0 unspecified atom stereocenters. The molecule has 1 aromatic carbocycles. The van der Waals surface area contributed by atoms with Crippen LogP contribution in [0.3, 0.4) is 0 Å². The monoisotopic (exact) mass is 354 g/mol. The topological polar surface area (TPSA) is 47.3 Å². The summed E-state index contributed by atoms with van der Waals surface area (Å²) in [6.07, 6.45) is 9.80. The van der Waals surface area contributed by atoms with Gasteiger partial charge in [-0.15, -0.1) is 0 Å². The summed E-state index contributed by atoms with van der Waals surface area (Å²) in [5.41, 5.74) is 5.28. The van der Waals surface area contributed by atoms with E-state index in [1.165, 1.54) is 61.6 Å². The number of aromatic nitrogens is 1. The summed E-state index contributed by atoms with van der Waals surface area (Å²) in [5.74, 6) is 2.69. The molecule has 1 aromatic heterocycles. The predicted octanol–water partition coefficient (Wildman–Crippen LogP) is 4.37. The molecule has 2 aliphatic carbocycles. The van der Waals surface area contributed by atoms with Crippen molar-refractivity contribution in [1.82, 2.24) is 10.5 Å². The number of fused-ring (bicyclic) bond motifs is 1. The zero-order valence-electron chi connectivity index (χ0n) is 16.0. The lowest BCUT2D eigenvalue weighted by Crippen LogP contribution is -2.33. The molecule has 4 nitrogen and oxygen atoms in total. The number of rotatable bonds is 6. The number of nitrogens with one attached hydrogen (secondary N) is 1. The van der Waals surface area contributed by atoms with E-state index in [0.717, 1.165) is 30.2 Å². The molecule has 2 aromatic rings. The Bertz CT molecular complexity index is 753. The summed E-state index contributed by atoms with van der Waals surface area (Å²) in [6.45, 7) is 2.87. The van der Waals surface area contributed by atoms with Crippen molar-refractivity contribution in [3.63, 3.8) is 0 Å². The Morgan fingerprint density at radius 2 is 1.92 bits per heavy atom. The van der Waals surface area contributed by atoms with E-state index in [2.05, 4.69) is 28.7 Å². The molecule has 2 aliphatic rings. The van der Waals surface area contributed by atoms with E-state index in [1.807, 2.05) is 6.92 Å². The van der Waals surface area contributed by atoms with E-state index >= 15 is 0 Å². The molecule has 1 fully saturated rings. The van der Waals surface area contributed by atoms with Crippen molar-refractivity contribution in [3.05, 3.63) is 46.3 Å². The first-order valence-electron chi connectivity index (χ1n) is 10.1. The van der Waals surface area contributed by atoms with Gasteiger partial charge < -0.3 is 14.6 Å². The van der Waals surface area contributed by atoms with Crippen molar-refractivity contribution in [3.8, 4) is 5.75 Å². The molecule has 0 amide bonds. The van der Waals surface area contributed by atoms with Crippen molar-refractivity contribution in [1.29, 1.82) is 0 Å². The zero-order chi connectivity index (χ0) is 17.9. The fourth-order valence-corrected chi connectivity index (χ4v) is 4.70. The molecule has 0 radical (unpaired) electrons. The molecule has 0 bridgehead atoms. The van der Waals surface area contributed by atoms with Crippen LogP contribution in [0.4, 0.5) is 0 Å². The highest BCUT2D eigenvalue weighted by Crippen LogP contribution is 2.32. The Hall–Kier alpha value is -1.81. The van der Waals surface area contributed by atoms with E-state index in [-0.39, 0.29) is 0 Å². The third-order valence-corrected chi connectivity index (χ3v) is 6.10. The Morgan fingerprint density at radius 3 is 2.65 bits per heavy atom. The van der Waals surface area contributed by atoms with Crippen molar-refractivity contribution in [2.75, 3.05) is 7.11 Å². The van der Waals surface area contributed by atoms with Crippen molar-refractivity contribution >= 4 is 0 Å². The van der Waals surface area contributed by atoms with E-state index in [4.69, 9.17) is 9.26 Å². The van der Waals surface area contributed by atoms with E-state index in [1.54, 1.807) is 7.11 Å². The van der Waals surface area contributed by atoms with Gasteiger partial charge >= 0.3 is 0 Å². The van der Waals surface area contributed by atoms with E-state index in [0.29, 0.717) is 12.0 Å². The standard InChI is InChI=1S/C22H30N2O2/c1-15-10-20(26-24-15)12-18-8-5-9-21(18)23-14-19-11-16-6-3-4-7-17(16)13-22(19)25-2/h10-11,13,18,21,23H,3-9,12,14H2,1-2H3/t18-,21+/m0/s1. The minimum atomic E-state index is 0.543. The average molecular weight is 354 g/mol. The summed E-state index contributed by atoms with van der Waals surface area (Å²) >= 11 is 0. The van der Waals surface area contributed by atoms with Gasteiger partial charge in [0.1, 0.15) is 11.5 Å². The number of aryl methyl sites for hydroxylation is 3. The van der Waals surface area contributed by atoms with Crippen LogP contribution in [0.5, 0.6) is 5.75 Å². The summed E-state index contributed by atoms with van der Waals surface area (Å²) in [6, 6.07) is 7.27. The maximum Gasteiger partial charge on any atom is 0.137 e. The van der Waals surface area contributed by atoms with Gasteiger partial charge in [-0.1, -0.05) is 17.6 Å². The van der Waals surface area contributed by atoms with Gasteiger partial charge in [-0.05, 0) is 68.6 Å². The second-order valence-corrected chi connectivity index (χ2v) is 7.96. The molecule has 1 saturated carbocycles. The first kappa shape index (κ1) is 17.6. The van der Waals surface area contributed by atoms with E-state index < -0.39 is 0 Å². The van der Waals surface area contributed by atoms with E-state index in [9.17, 15) is 0 Å². The van der Waals surface area contributed by atoms with Crippen LogP contribution in [0.1, 0.15) is 60.2 Å². The minimum absolute atomic E-state index is 0.543. The number of hydrogen-bond acceptors (Lipinski definition) is 4. The second-order valence-electron chi connectivity index (χ2n) is 7.96. The van der Waals surface area contributed by atoms with Crippen LogP contribution in [0.15, 0.2) is 22.7 Å². The fraction of sp³-hybridized carbons (Fsp3) is 0.591. The van der Waals surface area contributed by atoms with Crippen LogP contribution < -0.4 is 10.1 Å². The molecule has 140 valence electrons. The lowest BCUT2D eigenvalue weighted by molar-refractivity contribution is 0.328. The van der Waals surface area contributed by atoms with Crippen molar-refractivity contribution in [2.24, 2.45) is 5.92 Å². The summed E-state index contributed by atoms with van der Waals surface area (Å²) < 4.78 is 11.1.